The van der Waals surface area contributed by atoms with E-state index in [0.717, 1.165) is 35.4 Å². The first-order valence-electron chi connectivity index (χ1n) is 19.7. The number of methoxy groups -OCH3 is 1. The van der Waals surface area contributed by atoms with Crippen LogP contribution in [0.4, 0.5) is 11.4 Å². The number of ether oxygens (including phenoxy) is 3. The molecule has 0 saturated carbocycles. The molecule has 288 valence electrons. The summed E-state index contributed by atoms with van der Waals surface area (Å²) in [6.07, 6.45) is 2.24. The first kappa shape index (κ1) is 37.7. The van der Waals surface area contributed by atoms with Crippen molar-refractivity contribution >= 4 is 36.4 Å². The molecule has 0 spiro atoms. The van der Waals surface area contributed by atoms with Gasteiger partial charge in [0.15, 0.2) is 5.75 Å². The van der Waals surface area contributed by atoms with E-state index >= 15 is 0 Å². The molecule has 3 aliphatic rings. The number of carbonyl (C=O) groups excluding carboxylic acids is 2. The molecule has 1 N–H and O–H groups in total. The van der Waals surface area contributed by atoms with Crippen molar-refractivity contribution in [2.45, 2.75) is 76.0 Å². The van der Waals surface area contributed by atoms with Gasteiger partial charge >= 0.3 is 0 Å². The van der Waals surface area contributed by atoms with Crippen LogP contribution in [0.2, 0.25) is 18.6 Å². The Balaban J connectivity index is 1.02. The Kier molecular flexibility index (Phi) is 10.6. The van der Waals surface area contributed by atoms with Crippen LogP contribution in [-0.2, 0) is 28.9 Å². The van der Waals surface area contributed by atoms with Crippen LogP contribution in [0.3, 0.4) is 0 Å². The summed E-state index contributed by atoms with van der Waals surface area (Å²) in [6, 6.07) is 39.6. The molecule has 2 amide bonds. The largest absolute Gasteiger partial charge is 0.497 e. The fourth-order valence-electron chi connectivity index (χ4n) is 9.36. The summed E-state index contributed by atoms with van der Waals surface area (Å²) in [4.78, 5) is 31.8. The van der Waals surface area contributed by atoms with Crippen LogP contribution in [0, 0.1) is 5.92 Å². The highest BCUT2D eigenvalue weighted by molar-refractivity contribution is 6.91. The first-order chi connectivity index (χ1) is 27.2. The van der Waals surface area contributed by atoms with Crippen molar-refractivity contribution in [2.24, 2.45) is 5.92 Å². The van der Waals surface area contributed by atoms with Gasteiger partial charge in [0, 0.05) is 12.2 Å². The topological polar surface area (TPSA) is 88.5 Å². The minimum Gasteiger partial charge on any atom is -0.497 e. The highest BCUT2D eigenvalue weighted by Gasteiger charge is 2.51. The summed E-state index contributed by atoms with van der Waals surface area (Å²) in [5.41, 5.74) is 5.66. The molecule has 9 heteroatoms. The Bertz CT molecular complexity index is 2210. The lowest BCUT2D eigenvalue weighted by atomic mass is 9.93. The number of fused-ring (bicyclic) bond motifs is 3. The standard InChI is InChI=1S/C47H50N2O6Si/c1-31-41(26-19-32-17-20-35(21-18-32)49-40-14-8-10-16-43(40)55-42-15-9-7-13-39(42)47(49)52)54-44(46(31)56(3,4)38-24-22-37(53-2)23-25-38)28-45(51)48-29-34-12-6-5-11-33(34)27-36(48)30-50/h5-18,20-25,31,36,41,44,46,50H,19,26-30H2,1-4H3/t31-,36+,41+,44-,46+/m1/s1. The van der Waals surface area contributed by atoms with Gasteiger partial charge in [-0.15, -0.1) is 0 Å². The summed E-state index contributed by atoms with van der Waals surface area (Å²) in [7, 11) is -0.513. The number of nitrogens with zero attached hydrogens (tertiary/aromatic N) is 2. The molecular formula is C47H50N2O6Si. The summed E-state index contributed by atoms with van der Waals surface area (Å²) >= 11 is 0. The van der Waals surface area contributed by atoms with Gasteiger partial charge in [0.25, 0.3) is 5.91 Å². The number of hydrogen-bond donors (Lipinski definition) is 1. The molecule has 5 atom stereocenters. The van der Waals surface area contributed by atoms with Crippen molar-refractivity contribution in [1.29, 1.82) is 0 Å². The van der Waals surface area contributed by atoms with E-state index in [4.69, 9.17) is 14.2 Å². The molecule has 0 radical (unpaired) electrons. The second kappa shape index (κ2) is 15.7. The number of anilines is 2. The summed E-state index contributed by atoms with van der Waals surface area (Å²) in [6.45, 7) is 7.53. The molecule has 3 heterocycles. The second-order valence-electron chi connectivity index (χ2n) is 16.0. The molecule has 0 unspecified atom stereocenters. The first-order valence-corrected chi connectivity index (χ1v) is 22.8. The highest BCUT2D eigenvalue weighted by Crippen LogP contribution is 2.47. The number of carbonyl (C=O) groups is 2. The van der Waals surface area contributed by atoms with E-state index in [-0.39, 0.29) is 54.6 Å². The summed E-state index contributed by atoms with van der Waals surface area (Å²) < 4.78 is 18.7. The van der Waals surface area contributed by atoms with Crippen LogP contribution in [0.5, 0.6) is 17.2 Å². The summed E-state index contributed by atoms with van der Waals surface area (Å²) in [5, 5.41) is 11.7. The lowest BCUT2D eigenvalue weighted by Gasteiger charge is -2.39. The molecule has 0 bridgehead atoms. The van der Waals surface area contributed by atoms with Gasteiger partial charge in [-0.1, -0.05) is 98.0 Å². The number of aliphatic hydroxyl groups excluding tert-OH is 1. The van der Waals surface area contributed by atoms with E-state index in [1.54, 1.807) is 18.1 Å². The monoisotopic (exact) mass is 766 g/mol. The molecule has 0 aliphatic carbocycles. The van der Waals surface area contributed by atoms with Crippen molar-refractivity contribution in [1.82, 2.24) is 4.90 Å². The minimum absolute atomic E-state index is 0.0362. The number of benzene rings is 5. The van der Waals surface area contributed by atoms with Crippen LogP contribution >= 0.6 is 0 Å². The third-order valence-electron chi connectivity index (χ3n) is 12.4. The summed E-state index contributed by atoms with van der Waals surface area (Å²) in [5.74, 6) is 2.12. The van der Waals surface area contributed by atoms with Crippen molar-refractivity contribution in [3.8, 4) is 17.2 Å². The van der Waals surface area contributed by atoms with Gasteiger partial charge in [0.1, 0.15) is 11.5 Å². The van der Waals surface area contributed by atoms with Gasteiger partial charge in [0.2, 0.25) is 5.91 Å². The molecule has 1 fully saturated rings. The molecule has 5 aromatic carbocycles. The van der Waals surface area contributed by atoms with Gasteiger partial charge in [-0.05, 0) is 95.9 Å². The quantitative estimate of drug-likeness (QED) is 0.144. The van der Waals surface area contributed by atoms with Gasteiger partial charge in [-0.2, -0.15) is 0 Å². The third-order valence-corrected chi connectivity index (χ3v) is 16.8. The zero-order chi connectivity index (χ0) is 39.0. The smallest absolute Gasteiger partial charge is 0.266 e. The Hall–Kier alpha value is -5.22. The fraction of sp³-hybridized carbons (Fsp3) is 0.319. The number of rotatable bonds is 10. The molecule has 8 rings (SSSR count). The SMILES string of the molecule is COc1ccc([Si](C)(C)[C@H]2[C@H](C)[C@H](CCc3ccc(N4C(=O)c5ccccc5Oc5ccccc54)cc3)O[C@@H]2CC(=O)N2Cc3ccccc3C[C@H]2CO)cc1. The van der Waals surface area contributed by atoms with E-state index < -0.39 is 8.07 Å². The van der Waals surface area contributed by atoms with E-state index in [1.165, 1.54) is 10.8 Å². The number of hydrogen-bond acceptors (Lipinski definition) is 6. The predicted molar refractivity (Wildman–Crippen MR) is 222 cm³/mol. The van der Waals surface area contributed by atoms with Gasteiger partial charge < -0.3 is 24.2 Å². The Labute approximate surface area is 330 Å². The van der Waals surface area contributed by atoms with E-state index in [2.05, 4.69) is 56.4 Å². The maximum absolute atomic E-state index is 14.3. The number of aliphatic hydroxyl groups is 1. The third kappa shape index (κ3) is 7.15. The van der Waals surface area contributed by atoms with Crippen LogP contribution in [0.25, 0.3) is 0 Å². The minimum atomic E-state index is -2.20. The van der Waals surface area contributed by atoms with Crippen molar-refractivity contribution in [2.75, 3.05) is 18.6 Å². The molecule has 0 aromatic heterocycles. The molecule has 1 saturated heterocycles. The molecule has 3 aliphatic heterocycles. The molecule has 56 heavy (non-hydrogen) atoms. The van der Waals surface area contributed by atoms with Crippen molar-refractivity contribution < 1.29 is 28.9 Å². The van der Waals surface area contributed by atoms with E-state index in [0.29, 0.717) is 35.7 Å². The molecule has 8 nitrogen and oxygen atoms in total. The molecule has 5 aromatic rings. The number of amides is 2. The second-order valence-corrected chi connectivity index (χ2v) is 20.7. The van der Waals surface area contributed by atoms with Crippen LogP contribution in [0.15, 0.2) is 121 Å². The van der Waals surface area contributed by atoms with E-state index in [9.17, 15) is 14.7 Å². The molecular weight excluding hydrogens is 717 g/mol. The Morgan fingerprint density at radius 1 is 0.839 bits per heavy atom. The maximum Gasteiger partial charge on any atom is 0.266 e. The van der Waals surface area contributed by atoms with Crippen LogP contribution in [-0.4, -0.2) is 61.9 Å². The predicted octanol–water partition coefficient (Wildman–Crippen LogP) is 8.44. The average molecular weight is 767 g/mol. The van der Waals surface area contributed by atoms with Crippen molar-refractivity contribution in [3.63, 3.8) is 0 Å². The van der Waals surface area contributed by atoms with Crippen LogP contribution < -0.4 is 19.6 Å². The normalized spacial score (nSPS) is 21.7. The Morgan fingerprint density at radius 2 is 1.52 bits per heavy atom. The van der Waals surface area contributed by atoms with E-state index in [1.807, 2.05) is 83.8 Å². The van der Waals surface area contributed by atoms with Crippen LogP contribution in [0.1, 0.15) is 46.8 Å². The van der Waals surface area contributed by atoms with Gasteiger partial charge in [-0.25, -0.2) is 0 Å². The lowest BCUT2D eigenvalue weighted by Crippen LogP contribution is -2.52. The lowest BCUT2D eigenvalue weighted by molar-refractivity contribution is -0.138. The highest BCUT2D eigenvalue weighted by atomic mass is 28.3. The number of para-hydroxylation sites is 3. The number of aryl methyl sites for hydroxylation is 1. The maximum atomic E-state index is 14.3. The zero-order valence-electron chi connectivity index (χ0n) is 32.6. The zero-order valence-corrected chi connectivity index (χ0v) is 33.6. The van der Waals surface area contributed by atoms with Gasteiger partial charge in [-0.3, -0.25) is 14.5 Å². The fourth-order valence-corrected chi connectivity index (χ4v) is 13.4. The van der Waals surface area contributed by atoms with Crippen molar-refractivity contribution in [3.05, 3.63) is 144 Å². The van der Waals surface area contributed by atoms with Gasteiger partial charge in [0.05, 0.1) is 57.7 Å². The average Bonchev–Trinajstić information content (AvgIpc) is 3.48. The Morgan fingerprint density at radius 3 is 2.25 bits per heavy atom.